The molecule has 0 aliphatic carbocycles. The van der Waals surface area contributed by atoms with Crippen LogP contribution < -0.4 is 10.6 Å². The Morgan fingerprint density at radius 3 is 2.58 bits per heavy atom. The summed E-state index contributed by atoms with van der Waals surface area (Å²) in [5.74, 6) is 0. The van der Waals surface area contributed by atoms with Gasteiger partial charge < -0.3 is 10.6 Å². The van der Waals surface area contributed by atoms with Crippen LogP contribution in [0.25, 0.3) is 20.8 Å². The van der Waals surface area contributed by atoms with Gasteiger partial charge in [0.05, 0.1) is 10.2 Å². The lowest BCUT2D eigenvalue weighted by molar-refractivity contribution is 0.262. The maximum atomic E-state index is 12.3. The molecule has 5 heteroatoms. The first-order chi connectivity index (χ1) is 12.7. The Morgan fingerprint density at radius 2 is 1.73 bits per heavy atom. The minimum atomic E-state index is -0.263. The summed E-state index contributed by atoms with van der Waals surface area (Å²) in [6.07, 6.45) is 0. The Morgan fingerprint density at radius 1 is 0.923 bits per heavy atom. The summed E-state index contributed by atoms with van der Waals surface area (Å²) < 4.78 is 1.15. The fraction of sp³-hybridized carbons (Fsp3) is 0.0476. The van der Waals surface area contributed by atoms with Crippen LogP contribution in [0.3, 0.4) is 0 Å². The molecule has 3 aromatic carbocycles. The summed E-state index contributed by atoms with van der Waals surface area (Å²) in [5, 5.41) is 6.70. The van der Waals surface area contributed by atoms with E-state index in [2.05, 4.69) is 21.7 Å². The highest BCUT2D eigenvalue weighted by Gasteiger charge is 2.08. The first-order valence-electron chi connectivity index (χ1n) is 8.29. The SMILES string of the molecule is Cc1ccccc1NC(=O)Nc1cccc(-c2nc3ccccc3s2)c1. The number of nitrogens with one attached hydrogen (secondary N) is 2. The van der Waals surface area contributed by atoms with Gasteiger partial charge in [-0.2, -0.15) is 0 Å². The zero-order valence-electron chi connectivity index (χ0n) is 14.2. The second kappa shape index (κ2) is 6.98. The molecule has 2 amide bonds. The van der Waals surface area contributed by atoms with E-state index in [9.17, 15) is 4.79 Å². The number of nitrogens with zero attached hydrogens (tertiary/aromatic N) is 1. The van der Waals surface area contributed by atoms with Gasteiger partial charge in [0.1, 0.15) is 5.01 Å². The molecule has 4 rings (SSSR count). The third kappa shape index (κ3) is 3.43. The number of thiazole rings is 1. The zero-order valence-corrected chi connectivity index (χ0v) is 15.0. The monoisotopic (exact) mass is 359 g/mol. The summed E-state index contributed by atoms with van der Waals surface area (Å²) >= 11 is 1.64. The largest absolute Gasteiger partial charge is 0.323 e. The van der Waals surface area contributed by atoms with Crippen molar-refractivity contribution in [3.8, 4) is 10.6 Å². The summed E-state index contributed by atoms with van der Waals surface area (Å²) in [6, 6.07) is 23.2. The molecule has 1 aromatic heterocycles. The second-order valence-corrected chi connectivity index (χ2v) is 6.99. The van der Waals surface area contributed by atoms with Gasteiger partial charge in [0.2, 0.25) is 0 Å². The Hall–Kier alpha value is -3.18. The number of benzene rings is 3. The molecule has 1 heterocycles. The Balaban J connectivity index is 1.54. The van der Waals surface area contributed by atoms with Crippen molar-refractivity contribution in [2.45, 2.75) is 6.92 Å². The lowest BCUT2D eigenvalue weighted by Crippen LogP contribution is -2.19. The normalized spacial score (nSPS) is 10.7. The summed E-state index contributed by atoms with van der Waals surface area (Å²) in [6.45, 7) is 1.96. The van der Waals surface area contributed by atoms with Crippen molar-refractivity contribution in [3.63, 3.8) is 0 Å². The standard InChI is InChI=1S/C21H17N3OS/c1-14-7-2-3-10-17(14)24-21(25)22-16-9-6-8-15(13-16)20-23-18-11-4-5-12-19(18)26-20/h2-13H,1H3,(H2,22,24,25). The van der Waals surface area contributed by atoms with E-state index in [-0.39, 0.29) is 6.03 Å². The van der Waals surface area contributed by atoms with Gasteiger partial charge in [0.15, 0.2) is 0 Å². The average Bonchev–Trinajstić information content (AvgIpc) is 3.08. The number of amides is 2. The molecule has 0 spiro atoms. The molecule has 0 saturated heterocycles. The zero-order chi connectivity index (χ0) is 17.9. The van der Waals surface area contributed by atoms with E-state index in [4.69, 9.17) is 0 Å². The van der Waals surface area contributed by atoms with Gasteiger partial charge in [0.25, 0.3) is 0 Å². The topological polar surface area (TPSA) is 54.0 Å². The average molecular weight is 359 g/mol. The molecule has 0 bridgehead atoms. The third-order valence-corrected chi connectivity index (χ3v) is 5.14. The van der Waals surface area contributed by atoms with Crippen LogP contribution in [0.4, 0.5) is 16.2 Å². The molecular weight excluding hydrogens is 342 g/mol. The van der Waals surface area contributed by atoms with Crippen LogP contribution in [0.2, 0.25) is 0 Å². The van der Waals surface area contributed by atoms with Crippen molar-refractivity contribution in [1.29, 1.82) is 0 Å². The van der Waals surface area contributed by atoms with Gasteiger partial charge in [0, 0.05) is 16.9 Å². The molecule has 0 atom stereocenters. The van der Waals surface area contributed by atoms with E-state index < -0.39 is 0 Å². The highest BCUT2D eigenvalue weighted by molar-refractivity contribution is 7.21. The number of rotatable bonds is 3. The van der Waals surface area contributed by atoms with E-state index in [1.165, 1.54) is 0 Å². The van der Waals surface area contributed by atoms with Crippen LogP contribution >= 0.6 is 11.3 Å². The molecule has 0 radical (unpaired) electrons. The van der Waals surface area contributed by atoms with Gasteiger partial charge in [-0.15, -0.1) is 11.3 Å². The molecular formula is C21H17N3OS. The first kappa shape index (κ1) is 16.3. The maximum Gasteiger partial charge on any atom is 0.323 e. The predicted octanol–water partition coefficient (Wildman–Crippen LogP) is 5.92. The van der Waals surface area contributed by atoms with Gasteiger partial charge in [-0.05, 0) is 42.8 Å². The van der Waals surface area contributed by atoms with Crippen LogP contribution in [0, 0.1) is 6.92 Å². The molecule has 2 N–H and O–H groups in total. The number of hydrogen-bond donors (Lipinski definition) is 2. The highest BCUT2D eigenvalue weighted by Crippen LogP contribution is 2.31. The van der Waals surface area contributed by atoms with E-state index in [1.54, 1.807) is 11.3 Å². The van der Waals surface area contributed by atoms with Crippen LogP contribution in [-0.4, -0.2) is 11.0 Å². The van der Waals surface area contributed by atoms with Crippen molar-refractivity contribution < 1.29 is 4.79 Å². The molecule has 26 heavy (non-hydrogen) atoms. The molecule has 0 fully saturated rings. The quantitative estimate of drug-likeness (QED) is 0.477. The molecule has 0 aliphatic rings. The number of carbonyl (C=O) groups excluding carboxylic acids is 1. The Kier molecular flexibility index (Phi) is 4.37. The minimum Gasteiger partial charge on any atom is -0.308 e. The van der Waals surface area contributed by atoms with Crippen molar-refractivity contribution >= 4 is 39.0 Å². The van der Waals surface area contributed by atoms with Gasteiger partial charge in [-0.25, -0.2) is 9.78 Å². The van der Waals surface area contributed by atoms with E-state index in [0.29, 0.717) is 0 Å². The summed E-state index contributed by atoms with van der Waals surface area (Å²) in [4.78, 5) is 17.0. The number of carbonyl (C=O) groups is 1. The molecule has 0 unspecified atom stereocenters. The summed E-state index contributed by atoms with van der Waals surface area (Å²) in [5.41, 5.74) is 4.52. The molecule has 0 aliphatic heterocycles. The van der Waals surface area contributed by atoms with Crippen LogP contribution in [0.15, 0.2) is 72.8 Å². The fourth-order valence-corrected chi connectivity index (χ4v) is 3.69. The molecule has 4 aromatic rings. The number of para-hydroxylation sites is 2. The lowest BCUT2D eigenvalue weighted by Gasteiger charge is -2.10. The van der Waals surface area contributed by atoms with E-state index >= 15 is 0 Å². The van der Waals surface area contributed by atoms with Crippen molar-refractivity contribution in [1.82, 2.24) is 4.98 Å². The minimum absolute atomic E-state index is 0.263. The van der Waals surface area contributed by atoms with Gasteiger partial charge >= 0.3 is 6.03 Å². The fourth-order valence-electron chi connectivity index (χ4n) is 2.72. The third-order valence-electron chi connectivity index (χ3n) is 4.05. The van der Waals surface area contributed by atoms with Crippen LogP contribution in [0.1, 0.15) is 5.56 Å². The van der Waals surface area contributed by atoms with Gasteiger partial charge in [-0.3, -0.25) is 0 Å². The van der Waals surface area contributed by atoms with Gasteiger partial charge in [-0.1, -0.05) is 42.5 Å². The number of aromatic nitrogens is 1. The van der Waals surface area contributed by atoms with Crippen molar-refractivity contribution in [2.75, 3.05) is 10.6 Å². The van der Waals surface area contributed by atoms with E-state index in [1.807, 2.05) is 73.7 Å². The lowest BCUT2D eigenvalue weighted by atomic mass is 10.2. The number of aryl methyl sites for hydroxylation is 1. The predicted molar refractivity (Wildman–Crippen MR) is 109 cm³/mol. The van der Waals surface area contributed by atoms with Crippen LogP contribution in [0.5, 0.6) is 0 Å². The smallest absolute Gasteiger partial charge is 0.308 e. The number of fused-ring (bicyclic) bond motifs is 1. The first-order valence-corrected chi connectivity index (χ1v) is 9.10. The molecule has 0 saturated carbocycles. The second-order valence-electron chi connectivity index (χ2n) is 5.96. The molecule has 4 nitrogen and oxygen atoms in total. The Bertz CT molecular complexity index is 1050. The highest BCUT2D eigenvalue weighted by atomic mass is 32.1. The summed E-state index contributed by atoms with van der Waals surface area (Å²) in [7, 11) is 0. The Labute approximate surface area is 155 Å². The van der Waals surface area contributed by atoms with Crippen molar-refractivity contribution in [3.05, 3.63) is 78.4 Å². The number of hydrogen-bond acceptors (Lipinski definition) is 3. The van der Waals surface area contributed by atoms with Crippen LogP contribution in [-0.2, 0) is 0 Å². The van der Waals surface area contributed by atoms with Crippen molar-refractivity contribution in [2.24, 2.45) is 0 Å². The van der Waals surface area contributed by atoms with E-state index in [0.717, 1.165) is 37.7 Å². The number of urea groups is 1. The molecule has 128 valence electrons. The number of anilines is 2. The maximum absolute atomic E-state index is 12.3.